The standard InChI is InChI=1S/C23H24N2O4/c1-4-28-21-10-6-5-9-19(21)24-22(26)17(3)29-23(27)18-12-11-16(2)20(15-18)25-13-7-8-14-25/h5-15,17H,4H2,1-3H3,(H,24,26). The monoisotopic (exact) mass is 392 g/mol. The quantitative estimate of drug-likeness (QED) is 0.606. The number of rotatable bonds is 7. The molecule has 0 aliphatic carbocycles. The molecule has 150 valence electrons. The second-order valence-electron chi connectivity index (χ2n) is 6.56. The molecule has 1 aromatic heterocycles. The van der Waals surface area contributed by atoms with Crippen LogP contribution in [0.25, 0.3) is 5.69 Å². The van der Waals surface area contributed by atoms with Gasteiger partial charge in [-0.2, -0.15) is 0 Å². The number of ether oxygens (including phenoxy) is 2. The van der Waals surface area contributed by atoms with E-state index in [1.807, 2.05) is 55.1 Å². The van der Waals surface area contributed by atoms with Crippen LogP contribution in [0.5, 0.6) is 5.75 Å². The Kier molecular flexibility index (Phi) is 6.34. The minimum absolute atomic E-state index is 0.383. The van der Waals surface area contributed by atoms with Crippen molar-refractivity contribution < 1.29 is 19.1 Å². The summed E-state index contributed by atoms with van der Waals surface area (Å²) in [6.07, 6.45) is 2.85. The number of nitrogens with one attached hydrogen (secondary N) is 1. The minimum atomic E-state index is -0.964. The lowest BCUT2D eigenvalue weighted by Gasteiger charge is -2.16. The van der Waals surface area contributed by atoms with E-state index in [4.69, 9.17) is 9.47 Å². The lowest BCUT2D eigenvalue weighted by Crippen LogP contribution is -2.30. The largest absolute Gasteiger partial charge is 0.492 e. The number of hydrogen-bond donors (Lipinski definition) is 1. The van der Waals surface area contributed by atoms with Gasteiger partial charge in [0, 0.05) is 18.1 Å². The van der Waals surface area contributed by atoms with Crippen molar-refractivity contribution in [2.45, 2.75) is 26.9 Å². The molecular formula is C23H24N2O4. The predicted molar refractivity (Wildman–Crippen MR) is 112 cm³/mol. The van der Waals surface area contributed by atoms with Crippen molar-refractivity contribution in [1.82, 2.24) is 4.57 Å². The molecule has 2 aromatic carbocycles. The van der Waals surface area contributed by atoms with Gasteiger partial charge in [0.2, 0.25) is 0 Å². The maximum Gasteiger partial charge on any atom is 0.338 e. The molecule has 0 fully saturated rings. The third kappa shape index (κ3) is 4.85. The second kappa shape index (κ2) is 9.10. The smallest absolute Gasteiger partial charge is 0.338 e. The fourth-order valence-electron chi connectivity index (χ4n) is 2.88. The van der Waals surface area contributed by atoms with E-state index < -0.39 is 18.0 Å². The number of amides is 1. The van der Waals surface area contributed by atoms with Crippen LogP contribution in [0, 0.1) is 6.92 Å². The summed E-state index contributed by atoms with van der Waals surface area (Å²) < 4.78 is 12.8. The van der Waals surface area contributed by atoms with E-state index >= 15 is 0 Å². The fourth-order valence-corrected chi connectivity index (χ4v) is 2.88. The van der Waals surface area contributed by atoms with Crippen LogP contribution in [0.3, 0.4) is 0 Å². The van der Waals surface area contributed by atoms with Crippen molar-refractivity contribution in [3.8, 4) is 11.4 Å². The third-order valence-corrected chi connectivity index (χ3v) is 4.43. The Labute approximate surface area is 170 Å². The summed E-state index contributed by atoms with van der Waals surface area (Å²) in [5.74, 6) is -0.417. The van der Waals surface area contributed by atoms with Crippen molar-refractivity contribution in [1.29, 1.82) is 0 Å². The van der Waals surface area contributed by atoms with E-state index in [1.165, 1.54) is 6.92 Å². The Morgan fingerprint density at radius 2 is 1.79 bits per heavy atom. The zero-order valence-electron chi connectivity index (χ0n) is 16.7. The molecule has 3 aromatic rings. The molecule has 1 atom stereocenters. The van der Waals surface area contributed by atoms with Crippen LogP contribution in [-0.2, 0) is 9.53 Å². The Morgan fingerprint density at radius 1 is 1.07 bits per heavy atom. The molecule has 0 aliphatic rings. The number of carbonyl (C=O) groups is 2. The van der Waals surface area contributed by atoms with Gasteiger partial charge in [-0.3, -0.25) is 4.79 Å². The van der Waals surface area contributed by atoms with Crippen LogP contribution in [0.1, 0.15) is 29.8 Å². The topological polar surface area (TPSA) is 69.6 Å². The SMILES string of the molecule is CCOc1ccccc1NC(=O)C(C)OC(=O)c1ccc(C)c(-n2cccc2)c1. The number of hydrogen-bond acceptors (Lipinski definition) is 4. The zero-order valence-corrected chi connectivity index (χ0v) is 16.7. The molecule has 6 heteroatoms. The van der Waals surface area contributed by atoms with Crippen LogP contribution in [0.4, 0.5) is 5.69 Å². The van der Waals surface area contributed by atoms with Crippen molar-refractivity contribution in [2.75, 3.05) is 11.9 Å². The van der Waals surface area contributed by atoms with Crippen molar-refractivity contribution >= 4 is 17.6 Å². The first kappa shape index (κ1) is 20.2. The van der Waals surface area contributed by atoms with E-state index in [2.05, 4.69) is 5.32 Å². The van der Waals surface area contributed by atoms with Crippen LogP contribution in [0.15, 0.2) is 67.0 Å². The van der Waals surface area contributed by atoms with Gasteiger partial charge in [-0.1, -0.05) is 18.2 Å². The van der Waals surface area contributed by atoms with Crippen LogP contribution in [0.2, 0.25) is 0 Å². The van der Waals surface area contributed by atoms with E-state index in [-0.39, 0.29) is 0 Å². The van der Waals surface area contributed by atoms with Gasteiger partial charge in [-0.05, 0) is 62.7 Å². The number of esters is 1. The summed E-state index contributed by atoms with van der Waals surface area (Å²) in [6.45, 7) is 5.86. The molecule has 3 rings (SSSR count). The third-order valence-electron chi connectivity index (χ3n) is 4.43. The van der Waals surface area contributed by atoms with Crippen molar-refractivity contribution in [3.63, 3.8) is 0 Å². The Bertz CT molecular complexity index is 996. The van der Waals surface area contributed by atoms with E-state index in [0.717, 1.165) is 11.3 Å². The number of carbonyl (C=O) groups excluding carboxylic acids is 2. The van der Waals surface area contributed by atoms with E-state index in [1.54, 1.807) is 30.3 Å². The molecule has 6 nitrogen and oxygen atoms in total. The molecule has 0 spiro atoms. The molecule has 0 radical (unpaired) electrons. The average molecular weight is 392 g/mol. The lowest BCUT2D eigenvalue weighted by atomic mass is 10.1. The van der Waals surface area contributed by atoms with Gasteiger partial charge in [0.1, 0.15) is 5.75 Å². The highest BCUT2D eigenvalue weighted by Crippen LogP contribution is 2.24. The molecule has 1 amide bonds. The highest BCUT2D eigenvalue weighted by atomic mass is 16.5. The Morgan fingerprint density at radius 3 is 2.52 bits per heavy atom. The van der Waals surface area contributed by atoms with Gasteiger partial charge in [0.15, 0.2) is 6.10 Å². The van der Waals surface area contributed by atoms with Gasteiger partial charge in [-0.15, -0.1) is 0 Å². The van der Waals surface area contributed by atoms with Crippen LogP contribution in [-0.4, -0.2) is 29.2 Å². The summed E-state index contributed by atoms with van der Waals surface area (Å²) in [4.78, 5) is 25.1. The van der Waals surface area contributed by atoms with Gasteiger partial charge in [-0.25, -0.2) is 4.79 Å². The van der Waals surface area contributed by atoms with Gasteiger partial charge < -0.3 is 19.4 Å². The molecule has 29 heavy (non-hydrogen) atoms. The summed E-state index contributed by atoms with van der Waals surface area (Å²) >= 11 is 0. The first-order valence-corrected chi connectivity index (χ1v) is 9.47. The summed E-state index contributed by atoms with van der Waals surface area (Å²) in [6, 6.07) is 16.3. The zero-order chi connectivity index (χ0) is 20.8. The van der Waals surface area contributed by atoms with E-state index in [0.29, 0.717) is 23.6 Å². The number of aryl methyl sites for hydroxylation is 1. The molecule has 1 unspecified atom stereocenters. The minimum Gasteiger partial charge on any atom is -0.492 e. The molecule has 0 saturated carbocycles. The molecular weight excluding hydrogens is 368 g/mol. The highest BCUT2D eigenvalue weighted by molar-refractivity contribution is 5.98. The first-order chi connectivity index (χ1) is 14.0. The second-order valence-corrected chi connectivity index (χ2v) is 6.56. The van der Waals surface area contributed by atoms with Crippen molar-refractivity contribution in [2.24, 2.45) is 0 Å². The van der Waals surface area contributed by atoms with Crippen LogP contribution >= 0.6 is 0 Å². The summed E-state index contributed by atoms with van der Waals surface area (Å²) in [5.41, 5.74) is 2.82. The van der Waals surface area contributed by atoms with Gasteiger partial charge in [0.05, 0.1) is 17.9 Å². The summed E-state index contributed by atoms with van der Waals surface area (Å²) in [5, 5.41) is 2.75. The Balaban J connectivity index is 1.69. The Hall–Kier alpha value is -3.54. The number of benzene rings is 2. The number of aromatic nitrogens is 1. The summed E-state index contributed by atoms with van der Waals surface area (Å²) in [7, 11) is 0. The number of anilines is 1. The number of nitrogens with zero attached hydrogens (tertiary/aromatic N) is 1. The fraction of sp³-hybridized carbons (Fsp3) is 0.217. The number of para-hydroxylation sites is 2. The predicted octanol–water partition coefficient (Wildman–Crippen LogP) is 4.37. The average Bonchev–Trinajstić information content (AvgIpc) is 3.24. The highest BCUT2D eigenvalue weighted by Gasteiger charge is 2.20. The molecule has 0 bridgehead atoms. The first-order valence-electron chi connectivity index (χ1n) is 9.47. The molecule has 1 heterocycles. The molecule has 0 saturated heterocycles. The van der Waals surface area contributed by atoms with Crippen LogP contribution < -0.4 is 10.1 Å². The lowest BCUT2D eigenvalue weighted by molar-refractivity contribution is -0.123. The van der Waals surface area contributed by atoms with Gasteiger partial charge >= 0.3 is 5.97 Å². The molecule has 0 aliphatic heterocycles. The van der Waals surface area contributed by atoms with E-state index in [9.17, 15) is 9.59 Å². The normalized spacial score (nSPS) is 11.6. The maximum absolute atomic E-state index is 12.6. The molecule has 1 N–H and O–H groups in total. The van der Waals surface area contributed by atoms with Gasteiger partial charge in [0.25, 0.3) is 5.91 Å². The van der Waals surface area contributed by atoms with Crippen molar-refractivity contribution in [3.05, 3.63) is 78.1 Å². The maximum atomic E-state index is 12.6.